The van der Waals surface area contributed by atoms with E-state index in [1.165, 1.54) is 19.2 Å². The first-order valence-electron chi connectivity index (χ1n) is 10.5. The molecule has 0 aromatic heterocycles. The number of likely N-dealkylation sites (tertiary alicyclic amines) is 1. The van der Waals surface area contributed by atoms with Crippen LogP contribution < -0.4 is 9.04 Å². The van der Waals surface area contributed by atoms with Crippen molar-refractivity contribution in [3.8, 4) is 5.75 Å². The zero-order valence-corrected chi connectivity index (χ0v) is 19.1. The van der Waals surface area contributed by atoms with Crippen molar-refractivity contribution < 1.29 is 27.5 Å². The molecule has 3 rings (SSSR count). The SMILES string of the molecule is CCOc1ccc(S(=O)(=O)N(CC(=O)N2CCC(C(=O)OC)CC2)c2ccccc2)cc1. The largest absolute Gasteiger partial charge is 0.494 e. The van der Waals surface area contributed by atoms with Crippen molar-refractivity contribution in [3.63, 3.8) is 0 Å². The summed E-state index contributed by atoms with van der Waals surface area (Å²) in [5.41, 5.74) is 0.402. The van der Waals surface area contributed by atoms with E-state index in [4.69, 9.17) is 9.47 Å². The average molecular weight is 461 g/mol. The number of amides is 1. The number of rotatable bonds is 8. The van der Waals surface area contributed by atoms with Gasteiger partial charge >= 0.3 is 5.97 Å². The van der Waals surface area contributed by atoms with Gasteiger partial charge in [0.15, 0.2) is 0 Å². The third-order valence-electron chi connectivity index (χ3n) is 5.43. The van der Waals surface area contributed by atoms with Gasteiger partial charge in [0, 0.05) is 13.1 Å². The van der Waals surface area contributed by atoms with E-state index < -0.39 is 10.0 Å². The Kier molecular flexibility index (Phi) is 7.74. The van der Waals surface area contributed by atoms with Crippen molar-refractivity contribution in [2.24, 2.45) is 5.92 Å². The number of methoxy groups -OCH3 is 1. The molecule has 172 valence electrons. The summed E-state index contributed by atoms with van der Waals surface area (Å²) >= 11 is 0. The number of anilines is 1. The highest BCUT2D eigenvalue weighted by Gasteiger charge is 2.32. The number of piperidine rings is 1. The predicted octanol–water partition coefficient (Wildman–Crippen LogP) is 2.69. The van der Waals surface area contributed by atoms with Gasteiger partial charge in [0.2, 0.25) is 5.91 Å². The highest BCUT2D eigenvalue weighted by Crippen LogP contribution is 2.26. The number of carbonyl (C=O) groups is 2. The minimum atomic E-state index is -3.99. The minimum Gasteiger partial charge on any atom is -0.494 e. The highest BCUT2D eigenvalue weighted by atomic mass is 32.2. The molecular formula is C23H28N2O6S. The van der Waals surface area contributed by atoms with Gasteiger partial charge < -0.3 is 14.4 Å². The second-order valence-electron chi connectivity index (χ2n) is 7.43. The van der Waals surface area contributed by atoms with Gasteiger partial charge in [-0.1, -0.05) is 18.2 Å². The third-order valence-corrected chi connectivity index (χ3v) is 7.22. The number of hydrogen-bond donors (Lipinski definition) is 0. The Balaban J connectivity index is 1.81. The molecule has 2 aromatic rings. The molecule has 1 amide bonds. The average Bonchev–Trinajstić information content (AvgIpc) is 2.83. The molecule has 0 unspecified atom stereocenters. The Bertz CT molecular complexity index is 1020. The number of benzene rings is 2. The number of ether oxygens (including phenoxy) is 2. The van der Waals surface area contributed by atoms with Gasteiger partial charge in [0.1, 0.15) is 12.3 Å². The van der Waals surface area contributed by atoms with E-state index in [0.29, 0.717) is 44.0 Å². The lowest BCUT2D eigenvalue weighted by Gasteiger charge is -2.33. The van der Waals surface area contributed by atoms with E-state index in [1.807, 2.05) is 6.92 Å². The van der Waals surface area contributed by atoms with E-state index in [9.17, 15) is 18.0 Å². The second-order valence-corrected chi connectivity index (χ2v) is 9.29. The van der Waals surface area contributed by atoms with Crippen LogP contribution in [0.25, 0.3) is 0 Å². The van der Waals surface area contributed by atoms with E-state index >= 15 is 0 Å². The quantitative estimate of drug-likeness (QED) is 0.563. The van der Waals surface area contributed by atoms with Gasteiger partial charge in [-0.25, -0.2) is 8.42 Å². The molecule has 9 heteroatoms. The van der Waals surface area contributed by atoms with Gasteiger partial charge in [0.25, 0.3) is 10.0 Å². The molecule has 1 saturated heterocycles. The molecule has 0 N–H and O–H groups in total. The van der Waals surface area contributed by atoms with Crippen LogP contribution in [-0.2, 0) is 24.3 Å². The van der Waals surface area contributed by atoms with E-state index in [0.717, 1.165) is 4.31 Å². The molecular weight excluding hydrogens is 432 g/mol. The van der Waals surface area contributed by atoms with Gasteiger partial charge in [-0.05, 0) is 56.2 Å². The van der Waals surface area contributed by atoms with Crippen molar-refractivity contribution in [1.82, 2.24) is 4.90 Å². The predicted molar refractivity (Wildman–Crippen MR) is 120 cm³/mol. The van der Waals surface area contributed by atoms with Crippen LogP contribution in [0.5, 0.6) is 5.75 Å². The van der Waals surface area contributed by atoms with Gasteiger partial charge in [0.05, 0.1) is 30.2 Å². The number of sulfonamides is 1. The van der Waals surface area contributed by atoms with Crippen LogP contribution in [0.4, 0.5) is 5.69 Å². The molecule has 0 bridgehead atoms. The molecule has 0 spiro atoms. The second kappa shape index (κ2) is 10.5. The highest BCUT2D eigenvalue weighted by molar-refractivity contribution is 7.92. The van der Waals surface area contributed by atoms with Crippen molar-refractivity contribution in [3.05, 3.63) is 54.6 Å². The maximum Gasteiger partial charge on any atom is 0.308 e. The molecule has 1 aliphatic rings. The zero-order chi connectivity index (χ0) is 23.1. The van der Waals surface area contributed by atoms with Crippen LogP contribution in [0, 0.1) is 5.92 Å². The fraction of sp³-hybridized carbons (Fsp3) is 0.391. The Morgan fingerprint density at radius 2 is 1.66 bits per heavy atom. The summed E-state index contributed by atoms with van der Waals surface area (Å²) in [5, 5.41) is 0. The normalized spacial score (nSPS) is 14.6. The van der Waals surface area contributed by atoms with Crippen molar-refractivity contribution in [1.29, 1.82) is 0 Å². The van der Waals surface area contributed by atoms with Crippen LogP contribution in [0.1, 0.15) is 19.8 Å². The maximum atomic E-state index is 13.5. The summed E-state index contributed by atoms with van der Waals surface area (Å²) in [5.74, 6) is -0.253. The van der Waals surface area contributed by atoms with Crippen LogP contribution >= 0.6 is 0 Å². The van der Waals surface area contributed by atoms with Gasteiger partial charge in [-0.3, -0.25) is 13.9 Å². The molecule has 0 saturated carbocycles. The lowest BCUT2D eigenvalue weighted by molar-refractivity contribution is -0.148. The zero-order valence-electron chi connectivity index (χ0n) is 18.3. The number of carbonyl (C=O) groups excluding carboxylic acids is 2. The molecule has 0 radical (unpaired) electrons. The van der Waals surface area contributed by atoms with Crippen LogP contribution in [0.3, 0.4) is 0 Å². The number of esters is 1. The fourth-order valence-corrected chi connectivity index (χ4v) is 5.08. The number of para-hydroxylation sites is 1. The lowest BCUT2D eigenvalue weighted by Crippen LogP contribution is -2.46. The molecule has 0 atom stereocenters. The smallest absolute Gasteiger partial charge is 0.308 e. The Labute approximate surface area is 188 Å². The van der Waals surface area contributed by atoms with Crippen molar-refractivity contribution >= 4 is 27.6 Å². The van der Waals surface area contributed by atoms with Crippen molar-refractivity contribution in [2.45, 2.75) is 24.7 Å². The third kappa shape index (κ3) is 5.40. The molecule has 1 aliphatic heterocycles. The maximum absolute atomic E-state index is 13.5. The van der Waals surface area contributed by atoms with E-state index in [1.54, 1.807) is 47.4 Å². The number of nitrogens with zero attached hydrogens (tertiary/aromatic N) is 2. The summed E-state index contributed by atoms with van der Waals surface area (Å²) in [6.45, 7) is 2.75. The molecule has 32 heavy (non-hydrogen) atoms. The van der Waals surface area contributed by atoms with Crippen LogP contribution in [0.15, 0.2) is 59.5 Å². The number of hydrogen-bond acceptors (Lipinski definition) is 6. The molecule has 0 aliphatic carbocycles. The minimum absolute atomic E-state index is 0.0713. The Morgan fingerprint density at radius 3 is 2.22 bits per heavy atom. The summed E-state index contributed by atoms with van der Waals surface area (Å²) < 4.78 is 38.2. The first-order chi connectivity index (χ1) is 15.4. The van der Waals surface area contributed by atoms with E-state index in [2.05, 4.69) is 0 Å². The van der Waals surface area contributed by atoms with Crippen LogP contribution in [-0.4, -0.2) is 58.5 Å². The monoisotopic (exact) mass is 460 g/mol. The van der Waals surface area contributed by atoms with Gasteiger partial charge in [-0.2, -0.15) is 0 Å². The first-order valence-corrected chi connectivity index (χ1v) is 12.0. The molecule has 8 nitrogen and oxygen atoms in total. The van der Waals surface area contributed by atoms with Crippen LogP contribution in [0.2, 0.25) is 0 Å². The fourth-order valence-electron chi connectivity index (χ4n) is 3.67. The lowest BCUT2D eigenvalue weighted by atomic mass is 9.97. The molecule has 2 aromatic carbocycles. The summed E-state index contributed by atoms with van der Waals surface area (Å²) in [4.78, 5) is 26.4. The van der Waals surface area contributed by atoms with E-state index in [-0.39, 0.29) is 29.2 Å². The molecule has 1 heterocycles. The topological polar surface area (TPSA) is 93.2 Å². The Hall–Kier alpha value is -3.07. The summed E-state index contributed by atoms with van der Waals surface area (Å²) in [6, 6.07) is 14.7. The van der Waals surface area contributed by atoms with Crippen molar-refractivity contribution in [2.75, 3.05) is 37.7 Å². The Morgan fingerprint density at radius 1 is 1.03 bits per heavy atom. The summed E-state index contributed by atoms with van der Waals surface area (Å²) in [6.07, 6.45) is 0.991. The standard InChI is InChI=1S/C23H28N2O6S/c1-3-31-20-9-11-21(12-10-20)32(28,29)25(19-7-5-4-6-8-19)17-22(26)24-15-13-18(14-16-24)23(27)30-2/h4-12,18H,3,13-17H2,1-2H3. The van der Waals surface area contributed by atoms with Gasteiger partial charge in [-0.15, -0.1) is 0 Å². The molecule has 1 fully saturated rings. The first kappa shape index (κ1) is 23.6. The summed E-state index contributed by atoms with van der Waals surface area (Å²) in [7, 11) is -2.64.